The Balaban J connectivity index is 2.90. The lowest BCUT2D eigenvalue weighted by Gasteiger charge is -2.10. The zero-order valence-corrected chi connectivity index (χ0v) is 10.1. The third-order valence-electron chi connectivity index (χ3n) is 2.24. The third kappa shape index (κ3) is 3.40. The summed E-state index contributed by atoms with van der Waals surface area (Å²) in [6, 6.07) is 3.72. The van der Waals surface area contributed by atoms with Crippen molar-refractivity contribution in [2.75, 3.05) is 12.4 Å². The molecule has 1 aromatic carbocycles. The molecule has 2 N–H and O–H groups in total. The van der Waals surface area contributed by atoms with Crippen LogP contribution in [0.3, 0.4) is 0 Å². The van der Waals surface area contributed by atoms with Crippen LogP contribution < -0.4 is 10.6 Å². The number of nitrogens with one attached hydrogen (secondary N) is 2. The van der Waals surface area contributed by atoms with Crippen LogP contribution in [0.5, 0.6) is 0 Å². The van der Waals surface area contributed by atoms with Gasteiger partial charge in [-0.15, -0.1) is 0 Å². The highest BCUT2D eigenvalue weighted by Crippen LogP contribution is 2.27. The topological polar surface area (TPSA) is 84.3 Å². The molecule has 0 aromatic heterocycles. The van der Waals surface area contributed by atoms with Gasteiger partial charge in [-0.2, -0.15) is 0 Å². The molecular formula is C10H12ClN3O3. The van der Waals surface area contributed by atoms with Crippen LogP contribution in [0.4, 0.5) is 11.4 Å². The lowest BCUT2D eigenvalue weighted by atomic mass is 10.2. The fraction of sp³-hybridized carbons (Fsp3) is 0.300. The number of carbonyl (C=O) groups is 1. The summed E-state index contributed by atoms with van der Waals surface area (Å²) in [5.41, 5.74) is 0.106. The average Bonchev–Trinajstić information content (AvgIpc) is 2.30. The molecule has 0 aliphatic rings. The smallest absolute Gasteiger partial charge is 0.289 e. The van der Waals surface area contributed by atoms with Crippen molar-refractivity contribution in [1.29, 1.82) is 0 Å². The first-order chi connectivity index (χ1) is 7.95. The van der Waals surface area contributed by atoms with Crippen molar-refractivity contribution in [1.82, 2.24) is 5.32 Å². The van der Waals surface area contributed by atoms with E-state index in [9.17, 15) is 14.9 Å². The van der Waals surface area contributed by atoms with Gasteiger partial charge in [-0.05, 0) is 26.1 Å². The molecule has 1 amide bonds. The SMILES string of the molecule is CNC(C)C(=O)Nc1ccc(Cl)c([N+](=O)[O-])c1. The number of benzene rings is 1. The molecule has 1 rings (SSSR count). The number of anilines is 1. The third-order valence-corrected chi connectivity index (χ3v) is 2.56. The molecule has 0 bridgehead atoms. The molecule has 92 valence electrons. The van der Waals surface area contributed by atoms with Crippen LogP contribution >= 0.6 is 11.6 Å². The summed E-state index contributed by atoms with van der Waals surface area (Å²) < 4.78 is 0. The number of likely N-dealkylation sites (N-methyl/N-ethyl adjacent to an activating group) is 1. The summed E-state index contributed by atoms with van der Waals surface area (Å²) in [5, 5.41) is 16.0. The van der Waals surface area contributed by atoms with Crippen molar-refractivity contribution in [3.63, 3.8) is 0 Å². The summed E-state index contributed by atoms with van der Waals surface area (Å²) in [6.45, 7) is 1.68. The molecule has 0 heterocycles. The number of hydrogen-bond donors (Lipinski definition) is 2. The quantitative estimate of drug-likeness (QED) is 0.636. The summed E-state index contributed by atoms with van der Waals surface area (Å²) >= 11 is 5.65. The second-order valence-corrected chi connectivity index (χ2v) is 3.83. The standard InChI is InChI=1S/C10H12ClN3O3/c1-6(12-2)10(15)13-7-3-4-8(11)9(5-7)14(16)17/h3-6,12H,1-2H3,(H,13,15). The van der Waals surface area contributed by atoms with E-state index in [4.69, 9.17) is 11.6 Å². The minimum absolute atomic E-state index is 0.0367. The molecule has 6 nitrogen and oxygen atoms in total. The molecule has 0 fully saturated rings. The Hall–Kier alpha value is -1.66. The highest BCUT2D eigenvalue weighted by molar-refractivity contribution is 6.32. The zero-order valence-electron chi connectivity index (χ0n) is 9.36. The number of nitro benzene ring substituents is 1. The number of halogens is 1. The first kappa shape index (κ1) is 13.4. The number of nitro groups is 1. The molecule has 1 aromatic rings. The maximum absolute atomic E-state index is 11.5. The van der Waals surface area contributed by atoms with Crippen molar-refractivity contribution in [3.05, 3.63) is 33.3 Å². The molecular weight excluding hydrogens is 246 g/mol. The van der Waals surface area contributed by atoms with E-state index < -0.39 is 4.92 Å². The maximum atomic E-state index is 11.5. The minimum Gasteiger partial charge on any atom is -0.324 e. The van der Waals surface area contributed by atoms with Crippen molar-refractivity contribution >= 4 is 28.9 Å². The predicted octanol–water partition coefficient (Wildman–Crippen LogP) is 1.79. The Labute approximate surface area is 103 Å². The first-order valence-electron chi connectivity index (χ1n) is 4.87. The largest absolute Gasteiger partial charge is 0.324 e. The van der Waals surface area contributed by atoms with Gasteiger partial charge in [0, 0.05) is 11.8 Å². The van der Waals surface area contributed by atoms with Crippen LogP contribution in [0.1, 0.15) is 6.92 Å². The van der Waals surface area contributed by atoms with E-state index >= 15 is 0 Å². The Morgan fingerprint density at radius 1 is 1.53 bits per heavy atom. The van der Waals surface area contributed by atoms with Crippen LogP contribution in [0.25, 0.3) is 0 Å². The number of hydrogen-bond acceptors (Lipinski definition) is 4. The van der Waals surface area contributed by atoms with Crippen molar-refractivity contribution in [2.24, 2.45) is 0 Å². The minimum atomic E-state index is -0.598. The molecule has 0 saturated heterocycles. The fourth-order valence-corrected chi connectivity index (χ4v) is 1.30. The average molecular weight is 258 g/mol. The van der Waals surface area contributed by atoms with Crippen molar-refractivity contribution in [2.45, 2.75) is 13.0 Å². The van der Waals surface area contributed by atoms with Crippen LogP contribution in [-0.2, 0) is 4.79 Å². The van der Waals surface area contributed by atoms with Gasteiger partial charge >= 0.3 is 0 Å². The van der Waals surface area contributed by atoms with Crippen LogP contribution in [-0.4, -0.2) is 23.9 Å². The van der Waals surface area contributed by atoms with Gasteiger partial charge in [-0.1, -0.05) is 11.6 Å². The van der Waals surface area contributed by atoms with Gasteiger partial charge in [0.05, 0.1) is 11.0 Å². The van der Waals surface area contributed by atoms with E-state index in [1.165, 1.54) is 18.2 Å². The Kier molecular flexibility index (Phi) is 4.42. The Bertz CT molecular complexity index is 450. The van der Waals surface area contributed by atoms with Crippen molar-refractivity contribution < 1.29 is 9.72 Å². The summed E-state index contributed by atoms with van der Waals surface area (Å²) in [5.74, 6) is -0.274. The molecule has 0 saturated carbocycles. The molecule has 0 aliphatic heterocycles. The van der Waals surface area contributed by atoms with Gasteiger partial charge in [0.25, 0.3) is 5.69 Å². The molecule has 0 aliphatic carbocycles. The van der Waals surface area contributed by atoms with Crippen LogP contribution in [0, 0.1) is 10.1 Å². The summed E-state index contributed by atoms with van der Waals surface area (Å²) in [4.78, 5) is 21.6. The van der Waals surface area contributed by atoms with E-state index in [-0.39, 0.29) is 22.7 Å². The van der Waals surface area contributed by atoms with E-state index in [0.29, 0.717) is 5.69 Å². The monoisotopic (exact) mass is 257 g/mol. The van der Waals surface area contributed by atoms with Gasteiger partial charge in [-0.3, -0.25) is 14.9 Å². The highest BCUT2D eigenvalue weighted by atomic mass is 35.5. The van der Waals surface area contributed by atoms with Gasteiger partial charge in [0.1, 0.15) is 5.02 Å². The molecule has 17 heavy (non-hydrogen) atoms. The molecule has 1 unspecified atom stereocenters. The van der Waals surface area contributed by atoms with Gasteiger partial charge in [-0.25, -0.2) is 0 Å². The molecule has 0 radical (unpaired) electrons. The summed E-state index contributed by atoms with van der Waals surface area (Å²) in [6.07, 6.45) is 0. The summed E-state index contributed by atoms with van der Waals surface area (Å²) in [7, 11) is 1.65. The van der Waals surface area contributed by atoms with E-state index in [0.717, 1.165) is 0 Å². The zero-order chi connectivity index (χ0) is 13.0. The molecule has 1 atom stereocenters. The van der Waals surface area contributed by atoms with Gasteiger partial charge in [0.2, 0.25) is 5.91 Å². The second kappa shape index (κ2) is 5.60. The van der Waals surface area contributed by atoms with E-state index in [1.54, 1.807) is 14.0 Å². The number of carbonyl (C=O) groups excluding carboxylic acids is 1. The normalized spacial score (nSPS) is 11.9. The van der Waals surface area contributed by atoms with E-state index in [2.05, 4.69) is 10.6 Å². The fourth-order valence-electron chi connectivity index (χ4n) is 1.11. The first-order valence-corrected chi connectivity index (χ1v) is 5.25. The number of nitrogens with zero attached hydrogens (tertiary/aromatic N) is 1. The lowest BCUT2D eigenvalue weighted by molar-refractivity contribution is -0.384. The van der Waals surface area contributed by atoms with Gasteiger partial charge < -0.3 is 10.6 Å². The highest BCUT2D eigenvalue weighted by Gasteiger charge is 2.15. The van der Waals surface area contributed by atoms with Gasteiger partial charge in [0.15, 0.2) is 0 Å². The van der Waals surface area contributed by atoms with E-state index in [1.807, 2.05) is 0 Å². The Morgan fingerprint density at radius 2 is 2.18 bits per heavy atom. The van der Waals surface area contributed by atoms with Crippen molar-refractivity contribution in [3.8, 4) is 0 Å². The molecule has 7 heteroatoms. The van der Waals surface area contributed by atoms with Crippen LogP contribution in [0.2, 0.25) is 5.02 Å². The second-order valence-electron chi connectivity index (χ2n) is 3.42. The molecule has 0 spiro atoms. The van der Waals surface area contributed by atoms with Crippen LogP contribution in [0.15, 0.2) is 18.2 Å². The Morgan fingerprint density at radius 3 is 2.71 bits per heavy atom. The number of rotatable bonds is 4. The lowest BCUT2D eigenvalue weighted by Crippen LogP contribution is -2.35. The number of amides is 1. The predicted molar refractivity (Wildman–Crippen MR) is 65.3 cm³/mol. The maximum Gasteiger partial charge on any atom is 0.289 e.